The Morgan fingerprint density at radius 2 is 1.89 bits per heavy atom. The Morgan fingerprint density at radius 3 is 2.49 bits per heavy atom. The predicted molar refractivity (Wildman–Crippen MR) is 140 cm³/mol. The minimum absolute atomic E-state index is 0.00501. The van der Waals surface area contributed by atoms with E-state index in [1.165, 1.54) is 50.4 Å². The molecule has 37 heavy (non-hydrogen) atoms. The monoisotopic (exact) mass is 510 g/mol. The van der Waals surface area contributed by atoms with Crippen molar-refractivity contribution in [1.29, 1.82) is 0 Å². The van der Waals surface area contributed by atoms with E-state index >= 15 is 0 Å². The highest BCUT2D eigenvalue weighted by atomic mass is 19.1. The van der Waals surface area contributed by atoms with Crippen molar-refractivity contribution >= 4 is 23.1 Å². The normalized spacial score (nSPS) is 14.5. The van der Waals surface area contributed by atoms with E-state index in [0.717, 1.165) is 17.2 Å². The number of carbonyl (C=O) groups is 2. The molecule has 4 N–H and O–H groups in total. The summed E-state index contributed by atoms with van der Waals surface area (Å²) in [5.41, 5.74) is 1.29. The lowest BCUT2D eigenvalue weighted by Gasteiger charge is -2.20. The van der Waals surface area contributed by atoms with E-state index in [0.29, 0.717) is 24.5 Å². The summed E-state index contributed by atoms with van der Waals surface area (Å²) in [5, 5.41) is 26.1. The molecule has 0 spiro atoms. The average Bonchev–Trinajstić information content (AvgIpc) is 2.93. The van der Waals surface area contributed by atoms with Gasteiger partial charge in [-0.1, -0.05) is 38.3 Å². The first-order valence-corrected chi connectivity index (χ1v) is 12.7. The third-order valence-electron chi connectivity index (χ3n) is 6.53. The number of aldehydes is 1. The van der Waals surface area contributed by atoms with Crippen molar-refractivity contribution in [1.82, 2.24) is 20.6 Å². The number of nitrogens with one attached hydrogen (secondary N) is 2. The smallest absolute Gasteiger partial charge is 0.273 e. The van der Waals surface area contributed by atoms with Crippen LogP contribution in [0.1, 0.15) is 77.6 Å². The molecule has 1 fully saturated rings. The fourth-order valence-electron chi connectivity index (χ4n) is 4.25. The largest absolute Gasteiger partial charge is 0.504 e. The molecule has 0 radical (unpaired) electrons. The molecule has 1 unspecified atom stereocenters. The number of benzene rings is 1. The number of rotatable bonds is 8. The molecule has 1 aliphatic rings. The molecule has 9 heteroatoms. The van der Waals surface area contributed by atoms with Gasteiger partial charge in [-0.3, -0.25) is 14.6 Å². The van der Waals surface area contributed by atoms with Crippen molar-refractivity contribution in [3.05, 3.63) is 64.9 Å². The summed E-state index contributed by atoms with van der Waals surface area (Å²) in [4.78, 5) is 32.0. The van der Waals surface area contributed by atoms with Crippen molar-refractivity contribution in [2.75, 3.05) is 13.6 Å². The van der Waals surface area contributed by atoms with Gasteiger partial charge >= 0.3 is 0 Å². The molecular formula is C28H35FN4O4. The maximum Gasteiger partial charge on any atom is 0.273 e. The first-order chi connectivity index (χ1) is 17.9. The number of hydrogen-bond donors (Lipinski definition) is 4. The third kappa shape index (κ3) is 7.77. The summed E-state index contributed by atoms with van der Waals surface area (Å²) in [6, 6.07) is 8.50. The second-order valence-electron chi connectivity index (χ2n) is 9.25. The van der Waals surface area contributed by atoms with Gasteiger partial charge < -0.3 is 20.8 Å². The molecule has 0 bridgehead atoms. The lowest BCUT2D eigenvalue weighted by atomic mass is 9.96. The molecule has 1 amide bonds. The standard InChI is InChI=1S/C21H20FN3O4.C7H15N/c1-2-15(27)10-24-21(29)19-20(28)18-16(17(11-26)25-19)8-13(9-23-18)7-12-3-5-14(22)6-4-12;1-8-7-5-3-2-4-6-7/h3-6,8-9,11,15,27-28H,2,7,10H2,1H3,(H,24,29);7-8H,2-6H2,1H3. The summed E-state index contributed by atoms with van der Waals surface area (Å²) in [6.07, 6.45) is 9.31. The van der Waals surface area contributed by atoms with Crippen LogP contribution in [-0.2, 0) is 6.42 Å². The molecular weight excluding hydrogens is 475 g/mol. The number of amides is 1. The quantitative estimate of drug-likeness (QED) is 0.339. The molecule has 198 valence electrons. The lowest BCUT2D eigenvalue weighted by Crippen LogP contribution is -2.32. The Kier molecular flexibility index (Phi) is 10.5. The summed E-state index contributed by atoms with van der Waals surface area (Å²) in [6.45, 7) is 1.76. The van der Waals surface area contributed by atoms with Gasteiger partial charge in [0.2, 0.25) is 0 Å². The van der Waals surface area contributed by atoms with Crippen LogP contribution in [0.4, 0.5) is 4.39 Å². The van der Waals surface area contributed by atoms with Crippen LogP contribution in [0.5, 0.6) is 5.75 Å². The number of aliphatic hydroxyl groups is 1. The fourth-order valence-corrected chi connectivity index (χ4v) is 4.25. The summed E-state index contributed by atoms with van der Waals surface area (Å²) in [5.74, 6) is -1.49. The molecule has 1 aliphatic carbocycles. The second kappa shape index (κ2) is 13.8. The minimum atomic E-state index is -0.723. The highest BCUT2D eigenvalue weighted by Gasteiger charge is 2.21. The lowest BCUT2D eigenvalue weighted by molar-refractivity contribution is 0.0906. The predicted octanol–water partition coefficient (Wildman–Crippen LogP) is 3.92. The van der Waals surface area contributed by atoms with Gasteiger partial charge in [-0.05, 0) is 62.1 Å². The number of hydrogen-bond acceptors (Lipinski definition) is 7. The fraction of sp³-hybridized carbons (Fsp3) is 0.429. The highest BCUT2D eigenvalue weighted by Crippen LogP contribution is 2.28. The second-order valence-corrected chi connectivity index (χ2v) is 9.25. The molecule has 3 aromatic rings. The number of halogens is 1. The Morgan fingerprint density at radius 1 is 1.19 bits per heavy atom. The molecule has 2 aromatic heterocycles. The van der Waals surface area contributed by atoms with E-state index < -0.39 is 17.8 Å². The van der Waals surface area contributed by atoms with Gasteiger partial charge in [0.25, 0.3) is 5.91 Å². The van der Waals surface area contributed by atoms with Crippen molar-refractivity contribution in [2.45, 2.75) is 64.0 Å². The van der Waals surface area contributed by atoms with Crippen LogP contribution >= 0.6 is 0 Å². The number of pyridine rings is 2. The van der Waals surface area contributed by atoms with Crippen LogP contribution in [0.25, 0.3) is 10.9 Å². The molecule has 1 aromatic carbocycles. The van der Waals surface area contributed by atoms with Gasteiger partial charge in [-0.15, -0.1) is 0 Å². The van der Waals surface area contributed by atoms with Gasteiger partial charge in [0, 0.05) is 24.2 Å². The number of nitrogens with zero attached hydrogens (tertiary/aromatic N) is 2. The van der Waals surface area contributed by atoms with Gasteiger partial charge in [0.1, 0.15) is 17.0 Å². The van der Waals surface area contributed by atoms with Crippen LogP contribution in [0.15, 0.2) is 36.5 Å². The van der Waals surface area contributed by atoms with E-state index in [-0.39, 0.29) is 29.3 Å². The Bertz CT molecular complexity index is 1200. The first kappa shape index (κ1) is 28.1. The summed E-state index contributed by atoms with van der Waals surface area (Å²) in [7, 11) is 2.07. The Balaban J connectivity index is 0.000000405. The number of aliphatic hydroxyl groups excluding tert-OH is 1. The first-order valence-electron chi connectivity index (χ1n) is 12.7. The molecule has 4 rings (SSSR count). The van der Waals surface area contributed by atoms with Crippen LogP contribution in [0.3, 0.4) is 0 Å². The van der Waals surface area contributed by atoms with E-state index in [9.17, 15) is 24.2 Å². The minimum Gasteiger partial charge on any atom is -0.504 e. The third-order valence-corrected chi connectivity index (χ3v) is 6.53. The molecule has 0 aliphatic heterocycles. The van der Waals surface area contributed by atoms with Crippen molar-refractivity contribution < 1.29 is 24.2 Å². The van der Waals surface area contributed by atoms with Gasteiger partial charge in [0.05, 0.1) is 6.10 Å². The Hall–Kier alpha value is -3.43. The van der Waals surface area contributed by atoms with Gasteiger partial charge in [0.15, 0.2) is 17.7 Å². The highest BCUT2D eigenvalue weighted by molar-refractivity contribution is 6.05. The summed E-state index contributed by atoms with van der Waals surface area (Å²) >= 11 is 0. The van der Waals surface area contributed by atoms with Crippen LogP contribution in [0.2, 0.25) is 0 Å². The number of aromatic hydroxyl groups is 1. The van der Waals surface area contributed by atoms with Crippen LogP contribution in [-0.4, -0.2) is 58.1 Å². The summed E-state index contributed by atoms with van der Waals surface area (Å²) < 4.78 is 13.1. The zero-order valence-electron chi connectivity index (χ0n) is 21.3. The molecule has 1 saturated carbocycles. The van der Waals surface area contributed by atoms with E-state index in [1.807, 2.05) is 0 Å². The maximum atomic E-state index is 13.1. The zero-order chi connectivity index (χ0) is 26.8. The Labute approximate surface area is 216 Å². The molecule has 0 saturated heterocycles. The zero-order valence-corrected chi connectivity index (χ0v) is 21.3. The molecule has 2 heterocycles. The number of aromatic nitrogens is 2. The van der Waals surface area contributed by atoms with Crippen molar-refractivity contribution in [3.8, 4) is 5.75 Å². The van der Waals surface area contributed by atoms with E-state index in [2.05, 4.69) is 27.6 Å². The van der Waals surface area contributed by atoms with E-state index in [4.69, 9.17) is 0 Å². The van der Waals surface area contributed by atoms with Crippen molar-refractivity contribution in [3.63, 3.8) is 0 Å². The van der Waals surface area contributed by atoms with Crippen molar-refractivity contribution in [2.24, 2.45) is 0 Å². The van der Waals surface area contributed by atoms with Gasteiger partial charge in [-0.2, -0.15) is 0 Å². The van der Waals surface area contributed by atoms with Crippen LogP contribution < -0.4 is 10.6 Å². The maximum absolute atomic E-state index is 13.1. The molecule has 1 atom stereocenters. The molecule has 8 nitrogen and oxygen atoms in total. The SMILES string of the molecule is CCC(O)CNC(=O)c1nc(C=O)c2cc(Cc3ccc(F)cc3)cnc2c1O.CNC1CCCCC1. The number of fused-ring (bicyclic) bond motifs is 1. The topological polar surface area (TPSA) is 124 Å². The van der Waals surface area contributed by atoms with E-state index in [1.54, 1.807) is 25.1 Å². The average molecular weight is 511 g/mol. The van der Waals surface area contributed by atoms with Crippen LogP contribution in [0, 0.1) is 5.82 Å². The number of carbonyl (C=O) groups excluding carboxylic acids is 2. The van der Waals surface area contributed by atoms with Gasteiger partial charge in [-0.25, -0.2) is 9.37 Å².